The van der Waals surface area contributed by atoms with Crippen LogP contribution in [0.1, 0.15) is 67.2 Å². The van der Waals surface area contributed by atoms with E-state index in [1.54, 1.807) is 41.5 Å². The van der Waals surface area contributed by atoms with Gasteiger partial charge in [-0.2, -0.15) is 0 Å². The third kappa shape index (κ3) is 13.5. The lowest BCUT2D eigenvalue weighted by molar-refractivity contribution is -0.144. The van der Waals surface area contributed by atoms with Crippen LogP contribution in [0.5, 0.6) is 0 Å². The van der Waals surface area contributed by atoms with Crippen LogP contribution < -0.4 is 0 Å². The highest BCUT2D eigenvalue weighted by Gasteiger charge is 2.21. The molecule has 0 saturated heterocycles. The van der Waals surface area contributed by atoms with Gasteiger partial charge < -0.3 is 18.9 Å². The number of hydrogen-bond donors (Lipinski definition) is 0. The summed E-state index contributed by atoms with van der Waals surface area (Å²) in [6.07, 6.45) is -1.64. The van der Waals surface area contributed by atoms with Gasteiger partial charge in [-0.05, 0) is 54.4 Å². The first-order valence-corrected chi connectivity index (χ1v) is 7.66. The molecule has 0 aliphatic rings. The van der Waals surface area contributed by atoms with E-state index < -0.39 is 35.5 Å². The van der Waals surface area contributed by atoms with Crippen LogP contribution >= 0.6 is 0 Å². The third-order valence-corrected chi connectivity index (χ3v) is 2.19. The summed E-state index contributed by atoms with van der Waals surface area (Å²) in [7, 11) is 0. The minimum absolute atomic E-state index is 0.0566. The van der Waals surface area contributed by atoms with Crippen molar-refractivity contribution >= 4 is 24.2 Å². The third-order valence-electron chi connectivity index (χ3n) is 2.19. The number of rotatable bonds is 5. The zero-order valence-corrected chi connectivity index (χ0v) is 15.1. The van der Waals surface area contributed by atoms with Crippen molar-refractivity contribution in [3.8, 4) is 0 Å². The standard InChI is InChI=1S/C16H26O8/c1-15(2,3)23-13(19)21-11(17)9-7-8-10-12(18)22-14(20)24-16(4,5)6/h7-10H2,1-6H3. The van der Waals surface area contributed by atoms with E-state index in [9.17, 15) is 19.2 Å². The van der Waals surface area contributed by atoms with E-state index >= 15 is 0 Å². The summed E-state index contributed by atoms with van der Waals surface area (Å²) in [4.78, 5) is 45.3. The average Bonchev–Trinajstić information content (AvgIpc) is 2.29. The second-order valence-corrected chi connectivity index (χ2v) is 7.08. The highest BCUT2D eigenvalue weighted by Crippen LogP contribution is 2.11. The van der Waals surface area contributed by atoms with Crippen molar-refractivity contribution in [2.24, 2.45) is 0 Å². The molecule has 0 N–H and O–H groups in total. The zero-order chi connectivity index (χ0) is 19.0. The predicted molar refractivity (Wildman–Crippen MR) is 83.1 cm³/mol. The highest BCUT2D eigenvalue weighted by atomic mass is 16.8. The van der Waals surface area contributed by atoms with Crippen molar-refractivity contribution in [1.82, 2.24) is 0 Å². The fourth-order valence-corrected chi connectivity index (χ4v) is 1.37. The molecule has 0 aromatic heterocycles. The molecule has 0 heterocycles. The van der Waals surface area contributed by atoms with Gasteiger partial charge in [0.2, 0.25) is 0 Å². The maximum atomic E-state index is 11.4. The number of esters is 2. The molecule has 0 spiro atoms. The quantitative estimate of drug-likeness (QED) is 0.423. The molecular formula is C16H26O8. The molecule has 24 heavy (non-hydrogen) atoms. The first-order valence-electron chi connectivity index (χ1n) is 7.66. The Balaban J connectivity index is 3.89. The zero-order valence-electron chi connectivity index (χ0n) is 15.1. The van der Waals surface area contributed by atoms with E-state index in [-0.39, 0.29) is 12.8 Å². The molecular weight excluding hydrogens is 320 g/mol. The molecule has 8 nitrogen and oxygen atoms in total. The first-order chi connectivity index (χ1) is 10.8. The molecule has 0 fully saturated rings. The van der Waals surface area contributed by atoms with Crippen LogP contribution in [-0.2, 0) is 28.5 Å². The lowest BCUT2D eigenvalue weighted by Crippen LogP contribution is -2.26. The largest absolute Gasteiger partial charge is 0.516 e. The summed E-state index contributed by atoms with van der Waals surface area (Å²) in [5, 5.41) is 0. The minimum atomic E-state index is -1.06. The Labute approximate surface area is 141 Å². The van der Waals surface area contributed by atoms with Crippen molar-refractivity contribution in [1.29, 1.82) is 0 Å². The second-order valence-electron chi connectivity index (χ2n) is 7.08. The lowest BCUT2D eigenvalue weighted by atomic mass is 10.2. The molecule has 0 aromatic rings. The van der Waals surface area contributed by atoms with Crippen molar-refractivity contribution in [2.45, 2.75) is 78.4 Å². The Morgan fingerprint density at radius 3 is 1.17 bits per heavy atom. The molecule has 138 valence electrons. The minimum Gasteiger partial charge on any atom is -0.428 e. The van der Waals surface area contributed by atoms with Gasteiger partial charge in [-0.25, -0.2) is 9.59 Å². The van der Waals surface area contributed by atoms with Gasteiger partial charge in [-0.1, -0.05) is 0 Å². The van der Waals surface area contributed by atoms with Crippen molar-refractivity contribution < 1.29 is 38.1 Å². The Bertz CT molecular complexity index is 423. The van der Waals surface area contributed by atoms with Crippen LogP contribution in [0.25, 0.3) is 0 Å². The highest BCUT2D eigenvalue weighted by molar-refractivity contribution is 5.82. The number of ether oxygens (including phenoxy) is 4. The smallest absolute Gasteiger partial charge is 0.428 e. The summed E-state index contributed by atoms with van der Waals surface area (Å²) in [6, 6.07) is 0. The fourth-order valence-electron chi connectivity index (χ4n) is 1.37. The molecule has 0 aromatic carbocycles. The molecule has 0 amide bonds. The van der Waals surface area contributed by atoms with Crippen LogP contribution in [0.2, 0.25) is 0 Å². The summed E-state index contributed by atoms with van der Waals surface area (Å²) in [5.41, 5.74) is -1.49. The van der Waals surface area contributed by atoms with Crippen molar-refractivity contribution in [3.05, 3.63) is 0 Å². The Hall–Kier alpha value is -2.12. The van der Waals surface area contributed by atoms with Crippen molar-refractivity contribution in [2.75, 3.05) is 0 Å². The van der Waals surface area contributed by atoms with E-state index in [0.29, 0.717) is 12.8 Å². The normalized spacial score (nSPS) is 11.4. The average molecular weight is 346 g/mol. The molecule has 0 aliphatic heterocycles. The number of unbranched alkanes of at least 4 members (excludes halogenated alkanes) is 1. The maximum absolute atomic E-state index is 11.4. The van der Waals surface area contributed by atoms with Crippen molar-refractivity contribution in [3.63, 3.8) is 0 Å². The van der Waals surface area contributed by atoms with Crippen LogP contribution in [0.15, 0.2) is 0 Å². The number of hydrogen-bond acceptors (Lipinski definition) is 8. The lowest BCUT2D eigenvalue weighted by Gasteiger charge is -2.18. The van der Waals surface area contributed by atoms with Crippen LogP contribution in [0, 0.1) is 0 Å². The van der Waals surface area contributed by atoms with Crippen LogP contribution in [-0.4, -0.2) is 35.5 Å². The number of carbonyl (C=O) groups is 4. The second kappa shape index (κ2) is 9.24. The topological polar surface area (TPSA) is 105 Å². The van der Waals surface area contributed by atoms with Gasteiger partial charge in [0.25, 0.3) is 0 Å². The molecule has 0 radical (unpaired) electrons. The Morgan fingerprint density at radius 2 is 0.917 bits per heavy atom. The van der Waals surface area contributed by atoms with Gasteiger partial charge in [0, 0.05) is 12.8 Å². The summed E-state index contributed by atoms with van der Waals surface area (Å²) >= 11 is 0. The molecule has 0 aliphatic carbocycles. The molecule has 0 atom stereocenters. The van der Waals surface area contributed by atoms with Gasteiger partial charge in [-0.15, -0.1) is 0 Å². The Morgan fingerprint density at radius 1 is 0.625 bits per heavy atom. The number of carbonyl (C=O) groups excluding carboxylic acids is 4. The fraction of sp³-hybridized carbons (Fsp3) is 0.750. The van der Waals surface area contributed by atoms with E-state index in [1.807, 2.05) is 0 Å². The van der Waals surface area contributed by atoms with Gasteiger partial charge in [-0.3, -0.25) is 9.59 Å². The predicted octanol–water partition coefficient (Wildman–Crippen LogP) is 3.50. The monoisotopic (exact) mass is 346 g/mol. The van der Waals surface area contributed by atoms with E-state index in [4.69, 9.17) is 9.47 Å². The van der Waals surface area contributed by atoms with E-state index in [0.717, 1.165) is 0 Å². The summed E-state index contributed by atoms with van der Waals surface area (Å²) in [5.74, 6) is -1.49. The van der Waals surface area contributed by atoms with E-state index in [2.05, 4.69) is 9.47 Å². The van der Waals surface area contributed by atoms with E-state index in [1.165, 1.54) is 0 Å². The molecule has 0 rings (SSSR count). The summed E-state index contributed by atoms with van der Waals surface area (Å²) < 4.78 is 18.6. The SMILES string of the molecule is CC(C)(C)OC(=O)OC(=O)CCCCC(=O)OC(=O)OC(C)(C)C. The maximum Gasteiger partial charge on any atom is 0.516 e. The van der Waals surface area contributed by atoms with Gasteiger partial charge in [0.1, 0.15) is 11.2 Å². The Kier molecular flexibility index (Phi) is 8.43. The summed E-state index contributed by atoms with van der Waals surface area (Å²) in [6.45, 7) is 9.89. The van der Waals surface area contributed by atoms with Crippen LogP contribution in [0.3, 0.4) is 0 Å². The molecule has 8 heteroatoms. The first kappa shape index (κ1) is 21.9. The molecule has 0 bridgehead atoms. The van der Waals surface area contributed by atoms with Crippen LogP contribution in [0.4, 0.5) is 9.59 Å². The van der Waals surface area contributed by atoms with Gasteiger partial charge in [0.05, 0.1) is 0 Å². The molecule has 0 unspecified atom stereocenters. The van der Waals surface area contributed by atoms with Gasteiger partial charge in [0.15, 0.2) is 0 Å². The van der Waals surface area contributed by atoms with Gasteiger partial charge >= 0.3 is 24.2 Å². The molecule has 0 saturated carbocycles.